The van der Waals surface area contributed by atoms with Crippen molar-refractivity contribution in [2.24, 2.45) is 0 Å². The van der Waals surface area contributed by atoms with Gasteiger partial charge in [0.25, 0.3) is 0 Å². The molecule has 0 fully saturated rings. The average molecular weight is 317 g/mol. The van der Waals surface area contributed by atoms with Gasteiger partial charge in [-0.05, 0) is 24.5 Å². The summed E-state index contributed by atoms with van der Waals surface area (Å²) in [6.45, 7) is 1.89. The lowest BCUT2D eigenvalue weighted by atomic mass is 9.94. The highest BCUT2D eigenvalue weighted by molar-refractivity contribution is 5.83. The lowest BCUT2D eigenvalue weighted by molar-refractivity contribution is -0.138. The van der Waals surface area contributed by atoms with Crippen LogP contribution in [0.25, 0.3) is 0 Å². The fourth-order valence-electron chi connectivity index (χ4n) is 2.08. The molecule has 122 valence electrons. The maximum absolute atomic E-state index is 12.7. The highest BCUT2D eigenvalue weighted by Gasteiger charge is 2.31. The van der Waals surface area contributed by atoms with Gasteiger partial charge in [0, 0.05) is 13.0 Å². The first kappa shape index (κ1) is 18.0. The van der Waals surface area contributed by atoms with Gasteiger partial charge in [-0.2, -0.15) is 13.2 Å². The molecule has 22 heavy (non-hydrogen) atoms. The van der Waals surface area contributed by atoms with Gasteiger partial charge in [0.05, 0.1) is 11.5 Å². The number of amides is 1. The third-order valence-corrected chi connectivity index (χ3v) is 3.21. The van der Waals surface area contributed by atoms with E-state index in [0.29, 0.717) is 12.0 Å². The van der Waals surface area contributed by atoms with Crippen LogP contribution >= 0.6 is 0 Å². The summed E-state index contributed by atoms with van der Waals surface area (Å²) < 4.78 is 38.1. The summed E-state index contributed by atoms with van der Waals surface area (Å²) >= 11 is 0. The first-order valence-electron chi connectivity index (χ1n) is 6.92. The maximum Gasteiger partial charge on any atom is 0.416 e. The van der Waals surface area contributed by atoms with Crippen molar-refractivity contribution >= 4 is 11.9 Å². The molecule has 1 rings (SSSR count). The Morgan fingerprint density at radius 2 is 2.00 bits per heavy atom. The number of carboxylic acids is 1. The van der Waals surface area contributed by atoms with E-state index < -0.39 is 29.5 Å². The number of carbonyl (C=O) groups is 2. The lowest BCUT2D eigenvalue weighted by Gasteiger charge is -2.17. The van der Waals surface area contributed by atoms with Gasteiger partial charge in [0.1, 0.15) is 0 Å². The largest absolute Gasteiger partial charge is 0.481 e. The van der Waals surface area contributed by atoms with E-state index in [0.717, 1.165) is 12.1 Å². The molecule has 0 radical (unpaired) electrons. The quantitative estimate of drug-likeness (QED) is 0.759. The zero-order chi connectivity index (χ0) is 16.8. The Labute approximate surface area is 126 Å². The van der Waals surface area contributed by atoms with E-state index in [1.807, 2.05) is 0 Å². The molecular weight excluding hydrogens is 299 g/mol. The van der Waals surface area contributed by atoms with E-state index in [4.69, 9.17) is 5.11 Å². The molecule has 0 aliphatic rings. The molecule has 0 aliphatic heterocycles. The number of carboxylic acid groups (broad SMARTS) is 1. The van der Waals surface area contributed by atoms with Gasteiger partial charge in [0.15, 0.2) is 0 Å². The van der Waals surface area contributed by atoms with E-state index in [1.54, 1.807) is 6.92 Å². The van der Waals surface area contributed by atoms with E-state index >= 15 is 0 Å². The van der Waals surface area contributed by atoms with E-state index in [1.165, 1.54) is 12.1 Å². The fourth-order valence-corrected chi connectivity index (χ4v) is 2.08. The van der Waals surface area contributed by atoms with Crippen LogP contribution in [0.4, 0.5) is 13.2 Å². The van der Waals surface area contributed by atoms with Crippen molar-refractivity contribution in [1.82, 2.24) is 5.32 Å². The van der Waals surface area contributed by atoms with Crippen molar-refractivity contribution in [3.63, 3.8) is 0 Å². The molecule has 0 spiro atoms. The molecule has 1 aromatic carbocycles. The van der Waals surface area contributed by atoms with Crippen LogP contribution in [0.3, 0.4) is 0 Å². The van der Waals surface area contributed by atoms with E-state index in [9.17, 15) is 22.8 Å². The zero-order valence-corrected chi connectivity index (χ0v) is 12.1. The van der Waals surface area contributed by atoms with Crippen molar-refractivity contribution in [3.05, 3.63) is 35.4 Å². The normalized spacial score (nSPS) is 12.7. The molecule has 0 saturated carbocycles. The van der Waals surface area contributed by atoms with Crippen molar-refractivity contribution in [1.29, 1.82) is 0 Å². The molecule has 0 aliphatic carbocycles. The van der Waals surface area contributed by atoms with Crippen LogP contribution < -0.4 is 5.32 Å². The number of nitrogens with one attached hydrogen (secondary N) is 1. The molecule has 7 heteroatoms. The molecule has 4 nitrogen and oxygen atoms in total. The van der Waals surface area contributed by atoms with Gasteiger partial charge in [-0.3, -0.25) is 9.59 Å². The number of alkyl halides is 3. The van der Waals surface area contributed by atoms with Crippen LogP contribution in [0.15, 0.2) is 24.3 Å². The Balaban J connectivity index is 2.74. The minimum Gasteiger partial charge on any atom is -0.481 e. The van der Waals surface area contributed by atoms with Crippen LogP contribution in [-0.4, -0.2) is 23.5 Å². The summed E-state index contributed by atoms with van der Waals surface area (Å²) in [6, 6.07) is 4.70. The predicted molar refractivity (Wildman–Crippen MR) is 74.4 cm³/mol. The Hall–Kier alpha value is -2.05. The summed E-state index contributed by atoms with van der Waals surface area (Å²) in [6.07, 6.45) is -3.89. The Kier molecular flexibility index (Phi) is 6.39. The molecule has 1 amide bonds. The van der Waals surface area contributed by atoms with Gasteiger partial charge in [0.2, 0.25) is 5.91 Å². The standard InChI is InChI=1S/C15H18F3NO3/c1-2-12(14(22)19-8-4-7-13(20)21)10-5-3-6-11(9-10)15(16,17)18/h3,5-6,9,12H,2,4,7-8H2,1H3,(H,19,22)(H,20,21). The Morgan fingerprint density at radius 3 is 2.55 bits per heavy atom. The number of halogens is 3. The highest BCUT2D eigenvalue weighted by Crippen LogP contribution is 2.31. The number of carbonyl (C=O) groups excluding carboxylic acids is 1. The van der Waals surface area contributed by atoms with Crippen LogP contribution in [0, 0.1) is 0 Å². The second kappa shape index (κ2) is 7.82. The third-order valence-electron chi connectivity index (χ3n) is 3.21. The molecule has 0 bridgehead atoms. The predicted octanol–water partition coefficient (Wildman–Crippen LogP) is 3.18. The minimum atomic E-state index is -4.45. The first-order valence-corrected chi connectivity index (χ1v) is 6.92. The summed E-state index contributed by atoms with van der Waals surface area (Å²) in [5.74, 6) is -2.04. The third kappa shape index (κ3) is 5.38. The minimum absolute atomic E-state index is 0.0688. The Bertz CT molecular complexity index is 529. The van der Waals surface area contributed by atoms with Gasteiger partial charge >= 0.3 is 12.1 Å². The van der Waals surface area contributed by atoms with Crippen molar-refractivity contribution < 1.29 is 27.9 Å². The molecular formula is C15H18F3NO3. The summed E-state index contributed by atoms with van der Waals surface area (Å²) in [7, 11) is 0. The molecule has 0 saturated heterocycles. The number of benzene rings is 1. The van der Waals surface area contributed by atoms with Crippen LogP contribution in [0.5, 0.6) is 0 Å². The fraction of sp³-hybridized carbons (Fsp3) is 0.467. The highest BCUT2D eigenvalue weighted by atomic mass is 19.4. The van der Waals surface area contributed by atoms with Gasteiger partial charge < -0.3 is 10.4 Å². The topological polar surface area (TPSA) is 66.4 Å². The second-order valence-corrected chi connectivity index (χ2v) is 4.87. The monoisotopic (exact) mass is 317 g/mol. The molecule has 0 aromatic heterocycles. The van der Waals surface area contributed by atoms with Crippen molar-refractivity contribution in [2.45, 2.75) is 38.3 Å². The number of rotatable bonds is 7. The van der Waals surface area contributed by atoms with Crippen LogP contribution in [-0.2, 0) is 15.8 Å². The summed E-state index contributed by atoms with van der Waals surface area (Å²) in [5.41, 5.74) is -0.491. The second-order valence-electron chi connectivity index (χ2n) is 4.87. The first-order chi connectivity index (χ1) is 10.3. The number of hydrogen-bond acceptors (Lipinski definition) is 2. The number of hydrogen-bond donors (Lipinski definition) is 2. The van der Waals surface area contributed by atoms with Crippen LogP contribution in [0.1, 0.15) is 43.2 Å². The zero-order valence-electron chi connectivity index (χ0n) is 12.1. The average Bonchev–Trinajstić information content (AvgIpc) is 2.43. The van der Waals surface area contributed by atoms with E-state index in [-0.39, 0.29) is 19.4 Å². The smallest absolute Gasteiger partial charge is 0.416 e. The molecule has 0 heterocycles. The Morgan fingerprint density at radius 1 is 1.32 bits per heavy atom. The number of aliphatic carboxylic acids is 1. The van der Waals surface area contributed by atoms with Crippen molar-refractivity contribution in [3.8, 4) is 0 Å². The SMILES string of the molecule is CCC(C(=O)NCCCC(=O)O)c1cccc(C(F)(F)F)c1. The van der Waals surface area contributed by atoms with Gasteiger partial charge in [-0.25, -0.2) is 0 Å². The van der Waals surface area contributed by atoms with Gasteiger partial charge in [-0.1, -0.05) is 25.1 Å². The summed E-state index contributed by atoms with van der Waals surface area (Å²) in [4.78, 5) is 22.4. The molecule has 1 atom stereocenters. The van der Waals surface area contributed by atoms with Crippen LogP contribution in [0.2, 0.25) is 0 Å². The van der Waals surface area contributed by atoms with Gasteiger partial charge in [-0.15, -0.1) is 0 Å². The molecule has 1 unspecified atom stereocenters. The lowest BCUT2D eigenvalue weighted by Crippen LogP contribution is -2.30. The molecule has 1 aromatic rings. The van der Waals surface area contributed by atoms with E-state index in [2.05, 4.69) is 5.32 Å². The summed E-state index contributed by atoms with van der Waals surface area (Å²) in [5, 5.41) is 11.1. The van der Waals surface area contributed by atoms with Crippen molar-refractivity contribution in [2.75, 3.05) is 6.54 Å². The maximum atomic E-state index is 12.7. The molecule has 2 N–H and O–H groups in total.